The molecule has 0 unspecified atom stereocenters. The van der Waals surface area contributed by atoms with Crippen molar-refractivity contribution >= 4 is 61.7 Å². The summed E-state index contributed by atoms with van der Waals surface area (Å²) in [4.78, 5) is 38.9. The lowest BCUT2D eigenvalue weighted by atomic mass is 10.1. The number of hydrogen-bond donors (Lipinski definition) is 1. The van der Waals surface area contributed by atoms with Crippen LogP contribution >= 0.6 is 27.7 Å². The van der Waals surface area contributed by atoms with Gasteiger partial charge < -0.3 is 14.3 Å². The average molecular weight is 502 g/mol. The lowest BCUT2D eigenvalue weighted by Crippen LogP contribution is -2.28. The number of thioether (sulfide) groups is 1. The second-order valence-corrected chi connectivity index (χ2v) is 8.97. The van der Waals surface area contributed by atoms with Gasteiger partial charge >= 0.3 is 0 Å². The predicted molar refractivity (Wildman–Crippen MR) is 123 cm³/mol. The molecule has 3 amide bonds. The summed E-state index contributed by atoms with van der Waals surface area (Å²) in [5.41, 5.74) is 1.63. The lowest BCUT2D eigenvalue weighted by Gasteiger charge is -2.09. The largest absolute Gasteiger partial charge is 0.467 e. The minimum atomic E-state index is -0.274. The molecule has 1 aliphatic rings. The zero-order valence-electron chi connectivity index (χ0n) is 16.8. The minimum absolute atomic E-state index is 0.115. The molecule has 0 atom stereocenters. The molecule has 0 radical (unpaired) electrons. The van der Waals surface area contributed by atoms with Crippen LogP contribution in [0.2, 0.25) is 0 Å². The second-order valence-electron chi connectivity index (χ2n) is 7.06. The molecule has 0 bridgehead atoms. The van der Waals surface area contributed by atoms with E-state index in [0.29, 0.717) is 30.2 Å². The summed E-state index contributed by atoms with van der Waals surface area (Å²) >= 11 is 4.43. The molecule has 0 aliphatic carbocycles. The minimum Gasteiger partial charge on any atom is -0.467 e. The van der Waals surface area contributed by atoms with Crippen molar-refractivity contribution in [2.75, 3.05) is 6.54 Å². The molecule has 1 fully saturated rings. The Labute approximate surface area is 191 Å². The van der Waals surface area contributed by atoms with Gasteiger partial charge in [-0.25, -0.2) is 0 Å². The maximum atomic E-state index is 12.6. The third-order valence-corrected chi connectivity index (χ3v) is 6.24. The number of aromatic nitrogens is 1. The third-order valence-electron chi connectivity index (χ3n) is 4.84. The summed E-state index contributed by atoms with van der Waals surface area (Å²) < 4.78 is 7.96. The third kappa shape index (κ3) is 4.62. The number of carbonyl (C=O) groups is 3. The van der Waals surface area contributed by atoms with Crippen LogP contribution in [0.4, 0.5) is 4.79 Å². The van der Waals surface area contributed by atoms with Crippen molar-refractivity contribution in [1.29, 1.82) is 0 Å². The van der Waals surface area contributed by atoms with Crippen LogP contribution in [0.15, 0.2) is 56.6 Å². The molecular weight excluding hydrogens is 482 g/mol. The highest BCUT2D eigenvalue weighted by Gasteiger charge is 2.34. The number of furan rings is 1. The van der Waals surface area contributed by atoms with E-state index in [0.717, 1.165) is 32.7 Å². The van der Waals surface area contributed by atoms with E-state index in [-0.39, 0.29) is 23.6 Å². The number of halogens is 1. The van der Waals surface area contributed by atoms with Gasteiger partial charge in [0.1, 0.15) is 12.3 Å². The number of hydrogen-bond acceptors (Lipinski definition) is 5. The number of carbonyl (C=O) groups excluding carboxylic acids is 3. The zero-order valence-corrected chi connectivity index (χ0v) is 19.2. The highest BCUT2D eigenvalue weighted by atomic mass is 79.9. The second kappa shape index (κ2) is 9.15. The Morgan fingerprint density at radius 2 is 2.13 bits per heavy atom. The molecule has 1 N–H and O–H groups in total. The summed E-state index contributed by atoms with van der Waals surface area (Å²) in [6.07, 6.45) is 5.84. The van der Waals surface area contributed by atoms with Gasteiger partial charge in [0.05, 0.1) is 17.7 Å². The number of benzene rings is 1. The Kier molecular flexibility index (Phi) is 6.33. The summed E-state index contributed by atoms with van der Waals surface area (Å²) in [5, 5.41) is 3.47. The van der Waals surface area contributed by atoms with Crippen LogP contribution < -0.4 is 5.32 Å². The Morgan fingerprint density at radius 1 is 1.29 bits per heavy atom. The van der Waals surface area contributed by atoms with Gasteiger partial charge in [-0.2, -0.15) is 0 Å². The molecule has 0 saturated carbocycles. The Morgan fingerprint density at radius 3 is 2.87 bits per heavy atom. The standard InChI is InChI=1S/C22H20BrN3O4S/c1-2-7-26-21(28)19(31-22(26)29)9-14-12-25(18-6-5-15(23)10-17(14)18)13-20(27)24-11-16-4-3-8-30-16/h3-6,8-10,12H,2,7,11,13H2,1H3,(H,24,27)/b19-9-. The topological polar surface area (TPSA) is 84.6 Å². The fourth-order valence-corrected chi connectivity index (χ4v) is 4.63. The molecule has 160 valence electrons. The van der Waals surface area contributed by atoms with Crippen LogP contribution in [-0.2, 0) is 22.7 Å². The van der Waals surface area contributed by atoms with Crippen molar-refractivity contribution < 1.29 is 18.8 Å². The maximum Gasteiger partial charge on any atom is 0.293 e. The average Bonchev–Trinajstić information content (AvgIpc) is 3.43. The Hall–Kier alpha value is -2.78. The molecule has 0 spiro atoms. The van der Waals surface area contributed by atoms with Gasteiger partial charge in [-0.15, -0.1) is 0 Å². The first-order chi connectivity index (χ1) is 15.0. The quantitative estimate of drug-likeness (QED) is 0.471. The molecule has 1 aromatic carbocycles. The Balaban J connectivity index is 1.61. The van der Waals surface area contributed by atoms with Crippen molar-refractivity contribution in [2.24, 2.45) is 0 Å². The number of fused-ring (bicyclic) bond motifs is 1. The summed E-state index contributed by atoms with van der Waals surface area (Å²) in [6.45, 7) is 2.76. The van der Waals surface area contributed by atoms with E-state index in [1.165, 1.54) is 4.90 Å². The molecule has 4 rings (SSSR count). The summed E-state index contributed by atoms with van der Waals surface area (Å²) in [7, 11) is 0. The van der Waals surface area contributed by atoms with Crippen molar-refractivity contribution in [3.05, 3.63) is 63.5 Å². The van der Waals surface area contributed by atoms with E-state index in [4.69, 9.17) is 4.42 Å². The molecule has 31 heavy (non-hydrogen) atoms. The van der Waals surface area contributed by atoms with Crippen LogP contribution in [0.3, 0.4) is 0 Å². The highest BCUT2D eigenvalue weighted by molar-refractivity contribution is 9.10. The molecule has 9 heteroatoms. The van der Waals surface area contributed by atoms with Crippen LogP contribution in [0.25, 0.3) is 17.0 Å². The van der Waals surface area contributed by atoms with Crippen LogP contribution in [0.5, 0.6) is 0 Å². The Bertz CT molecular complexity index is 1180. The zero-order chi connectivity index (χ0) is 22.0. The van der Waals surface area contributed by atoms with Gasteiger partial charge in [0.15, 0.2) is 0 Å². The monoisotopic (exact) mass is 501 g/mol. The van der Waals surface area contributed by atoms with E-state index < -0.39 is 0 Å². The molecule has 3 heterocycles. The van der Waals surface area contributed by atoms with Gasteiger partial charge in [0, 0.05) is 33.7 Å². The van der Waals surface area contributed by atoms with Gasteiger partial charge in [-0.1, -0.05) is 22.9 Å². The van der Waals surface area contributed by atoms with Crippen molar-refractivity contribution in [2.45, 2.75) is 26.4 Å². The SMILES string of the molecule is CCCN1C(=O)S/C(=C\c2cn(CC(=O)NCc3ccco3)c3ccc(Br)cc23)C1=O. The number of nitrogens with zero attached hydrogens (tertiary/aromatic N) is 2. The summed E-state index contributed by atoms with van der Waals surface area (Å²) in [6, 6.07) is 9.33. The predicted octanol–water partition coefficient (Wildman–Crippen LogP) is 4.76. The highest BCUT2D eigenvalue weighted by Crippen LogP contribution is 2.34. The van der Waals surface area contributed by atoms with E-state index in [1.807, 2.05) is 35.9 Å². The van der Waals surface area contributed by atoms with Gasteiger partial charge in [0.2, 0.25) is 5.91 Å². The fraction of sp³-hybridized carbons (Fsp3) is 0.227. The summed E-state index contributed by atoms with van der Waals surface area (Å²) in [5.74, 6) is 0.244. The van der Waals surface area contributed by atoms with Crippen molar-refractivity contribution in [3.63, 3.8) is 0 Å². The number of amides is 3. The maximum absolute atomic E-state index is 12.6. The van der Waals surface area contributed by atoms with E-state index >= 15 is 0 Å². The number of imide groups is 1. The number of nitrogens with one attached hydrogen (secondary N) is 1. The molecule has 3 aromatic rings. The van der Waals surface area contributed by atoms with Crippen molar-refractivity contribution in [1.82, 2.24) is 14.8 Å². The first-order valence-electron chi connectivity index (χ1n) is 9.79. The van der Waals surface area contributed by atoms with Crippen LogP contribution in [0.1, 0.15) is 24.7 Å². The van der Waals surface area contributed by atoms with E-state index in [9.17, 15) is 14.4 Å². The number of rotatable bonds is 7. The fourth-order valence-electron chi connectivity index (χ4n) is 3.41. The lowest BCUT2D eigenvalue weighted by molar-refractivity contribution is -0.123. The van der Waals surface area contributed by atoms with Gasteiger partial charge in [0.25, 0.3) is 11.1 Å². The van der Waals surface area contributed by atoms with Gasteiger partial charge in [-0.05, 0) is 54.6 Å². The van der Waals surface area contributed by atoms with Crippen molar-refractivity contribution in [3.8, 4) is 0 Å². The van der Waals surface area contributed by atoms with Gasteiger partial charge in [-0.3, -0.25) is 19.3 Å². The first kappa shape index (κ1) is 21.5. The molecule has 7 nitrogen and oxygen atoms in total. The normalized spacial score (nSPS) is 15.4. The van der Waals surface area contributed by atoms with Crippen LogP contribution in [-0.4, -0.2) is 33.1 Å². The molecule has 1 aliphatic heterocycles. The molecular formula is C22H20BrN3O4S. The van der Waals surface area contributed by atoms with E-state index in [2.05, 4.69) is 21.2 Å². The molecule has 1 saturated heterocycles. The first-order valence-corrected chi connectivity index (χ1v) is 11.4. The van der Waals surface area contributed by atoms with E-state index in [1.54, 1.807) is 24.5 Å². The van der Waals surface area contributed by atoms with Crippen LogP contribution in [0, 0.1) is 0 Å². The molecule has 2 aromatic heterocycles. The smallest absolute Gasteiger partial charge is 0.293 e.